The van der Waals surface area contributed by atoms with Gasteiger partial charge in [-0.2, -0.15) is 5.10 Å². The van der Waals surface area contributed by atoms with Crippen molar-refractivity contribution in [1.29, 1.82) is 0 Å². The second-order valence-electron chi connectivity index (χ2n) is 7.39. The van der Waals surface area contributed by atoms with Crippen molar-refractivity contribution in [2.24, 2.45) is 0 Å². The van der Waals surface area contributed by atoms with Gasteiger partial charge in [-0.05, 0) is 43.5 Å². The number of rotatable bonds is 5. The van der Waals surface area contributed by atoms with Gasteiger partial charge in [-0.1, -0.05) is 0 Å². The third kappa shape index (κ3) is 4.43. The van der Waals surface area contributed by atoms with Crippen molar-refractivity contribution >= 4 is 15.7 Å². The number of likely N-dealkylation sites (tertiary alicyclic amines) is 1. The van der Waals surface area contributed by atoms with E-state index in [1.807, 2.05) is 0 Å². The topological polar surface area (TPSA) is 107 Å². The van der Waals surface area contributed by atoms with Crippen molar-refractivity contribution in [3.05, 3.63) is 48.4 Å². The number of methoxy groups -OCH3 is 1. The van der Waals surface area contributed by atoms with Crippen LogP contribution in [0.4, 0.5) is 0 Å². The Morgan fingerprint density at radius 2 is 1.84 bits per heavy atom. The third-order valence-corrected chi connectivity index (χ3v) is 6.28. The lowest BCUT2D eigenvalue weighted by molar-refractivity contribution is 0.0718. The average Bonchev–Trinajstić information content (AvgIpc) is 3.24. The lowest BCUT2D eigenvalue weighted by atomic mass is 10.1. The molecule has 0 N–H and O–H groups in total. The first-order valence-electron chi connectivity index (χ1n) is 9.93. The van der Waals surface area contributed by atoms with Gasteiger partial charge in [0.05, 0.1) is 35.3 Å². The summed E-state index contributed by atoms with van der Waals surface area (Å²) in [7, 11) is -1.90. The molecule has 3 aromatic heterocycles. The van der Waals surface area contributed by atoms with Crippen LogP contribution in [0.1, 0.15) is 29.8 Å². The molecule has 1 amide bonds. The van der Waals surface area contributed by atoms with Crippen LogP contribution in [0, 0.1) is 0 Å². The minimum absolute atomic E-state index is 0.141. The first-order valence-corrected chi connectivity index (χ1v) is 11.8. The van der Waals surface area contributed by atoms with Crippen molar-refractivity contribution < 1.29 is 17.9 Å². The second kappa shape index (κ2) is 8.46. The van der Waals surface area contributed by atoms with E-state index in [0.717, 1.165) is 25.5 Å². The predicted octanol–water partition coefficient (Wildman–Crippen LogP) is 2.37. The number of piperidine rings is 1. The maximum absolute atomic E-state index is 13.1. The maximum atomic E-state index is 13.1. The van der Waals surface area contributed by atoms with E-state index in [4.69, 9.17) is 4.74 Å². The number of aromatic nitrogens is 4. The minimum atomic E-state index is -3.42. The smallest absolute Gasteiger partial charge is 0.274 e. The van der Waals surface area contributed by atoms with Crippen LogP contribution in [0.2, 0.25) is 0 Å². The van der Waals surface area contributed by atoms with E-state index in [9.17, 15) is 13.2 Å². The molecule has 162 valence electrons. The van der Waals surface area contributed by atoms with Gasteiger partial charge in [0, 0.05) is 31.6 Å². The molecule has 1 saturated heterocycles. The zero-order chi connectivity index (χ0) is 22.0. The third-order valence-electron chi connectivity index (χ3n) is 5.17. The highest BCUT2D eigenvalue weighted by molar-refractivity contribution is 7.90. The summed E-state index contributed by atoms with van der Waals surface area (Å²) >= 11 is 0. The highest BCUT2D eigenvalue weighted by Crippen LogP contribution is 2.26. The summed E-state index contributed by atoms with van der Waals surface area (Å²) in [6, 6.07) is 8.02. The summed E-state index contributed by atoms with van der Waals surface area (Å²) in [6.45, 7) is 1.40. The van der Waals surface area contributed by atoms with E-state index in [1.54, 1.807) is 34.0 Å². The lowest BCUT2D eigenvalue weighted by Gasteiger charge is -2.25. The van der Waals surface area contributed by atoms with E-state index in [1.165, 1.54) is 25.4 Å². The zero-order valence-corrected chi connectivity index (χ0v) is 18.2. The van der Waals surface area contributed by atoms with Crippen LogP contribution in [0.15, 0.2) is 47.6 Å². The van der Waals surface area contributed by atoms with Gasteiger partial charge in [0.15, 0.2) is 15.5 Å². The van der Waals surface area contributed by atoms with Gasteiger partial charge >= 0.3 is 0 Å². The Kier molecular flexibility index (Phi) is 5.73. The zero-order valence-electron chi connectivity index (χ0n) is 17.4. The van der Waals surface area contributed by atoms with Crippen molar-refractivity contribution in [1.82, 2.24) is 24.6 Å². The number of hydrogen-bond acceptors (Lipinski definition) is 7. The first kappa shape index (κ1) is 21.0. The van der Waals surface area contributed by atoms with E-state index >= 15 is 0 Å². The fourth-order valence-corrected chi connectivity index (χ4v) is 4.16. The van der Waals surface area contributed by atoms with E-state index < -0.39 is 9.84 Å². The van der Waals surface area contributed by atoms with Crippen LogP contribution in [0.3, 0.4) is 0 Å². The maximum Gasteiger partial charge on any atom is 0.274 e. The normalized spacial score (nSPS) is 14.5. The van der Waals surface area contributed by atoms with Crippen molar-refractivity contribution in [2.45, 2.75) is 24.2 Å². The van der Waals surface area contributed by atoms with Gasteiger partial charge in [0.25, 0.3) is 5.91 Å². The standard InChI is InChI=1S/C21H23N5O4S/c1-30-20-7-6-15(14-23-20)26-19(17-12-16(8-9-22-17)31(2,28)29)13-18(24-26)21(27)25-10-4-3-5-11-25/h6-9,12-14H,3-5,10-11H2,1-2H3. The Labute approximate surface area is 180 Å². The highest BCUT2D eigenvalue weighted by Gasteiger charge is 2.24. The predicted molar refractivity (Wildman–Crippen MR) is 114 cm³/mol. The quantitative estimate of drug-likeness (QED) is 0.598. The summed E-state index contributed by atoms with van der Waals surface area (Å²) in [5.74, 6) is 0.291. The Balaban J connectivity index is 1.82. The Bertz CT molecular complexity index is 1200. The second-order valence-corrected chi connectivity index (χ2v) is 9.40. The summed E-state index contributed by atoms with van der Waals surface area (Å²) in [5.41, 5.74) is 1.76. The molecule has 0 bridgehead atoms. The molecule has 9 nitrogen and oxygen atoms in total. The average molecular weight is 442 g/mol. The number of ether oxygens (including phenoxy) is 1. The Morgan fingerprint density at radius 1 is 1.06 bits per heavy atom. The van der Waals surface area contributed by atoms with Crippen LogP contribution < -0.4 is 4.74 Å². The van der Waals surface area contributed by atoms with Gasteiger partial charge in [-0.25, -0.2) is 18.1 Å². The molecular formula is C21H23N5O4S. The number of amides is 1. The van der Waals surface area contributed by atoms with Gasteiger partial charge in [0.1, 0.15) is 0 Å². The summed E-state index contributed by atoms with van der Waals surface area (Å²) in [6.07, 6.45) is 7.21. The van der Waals surface area contributed by atoms with E-state index in [0.29, 0.717) is 36.0 Å². The number of carbonyl (C=O) groups is 1. The highest BCUT2D eigenvalue weighted by atomic mass is 32.2. The molecule has 0 unspecified atom stereocenters. The van der Waals surface area contributed by atoms with Gasteiger partial charge in [-0.3, -0.25) is 9.78 Å². The van der Waals surface area contributed by atoms with Crippen molar-refractivity contribution in [2.75, 3.05) is 26.5 Å². The monoisotopic (exact) mass is 441 g/mol. The Hall–Kier alpha value is -3.27. The van der Waals surface area contributed by atoms with Crippen LogP contribution in [0.5, 0.6) is 5.88 Å². The van der Waals surface area contributed by atoms with Gasteiger partial charge in [0.2, 0.25) is 5.88 Å². The molecule has 0 saturated carbocycles. The van der Waals surface area contributed by atoms with Gasteiger partial charge < -0.3 is 9.64 Å². The fourth-order valence-electron chi connectivity index (χ4n) is 3.52. The summed E-state index contributed by atoms with van der Waals surface area (Å²) < 4.78 is 30.7. The molecule has 4 heterocycles. The molecule has 1 aliphatic rings. The molecular weight excluding hydrogens is 418 g/mol. The van der Waals surface area contributed by atoms with E-state index in [-0.39, 0.29) is 16.5 Å². The first-order chi connectivity index (χ1) is 14.9. The van der Waals surface area contributed by atoms with Crippen LogP contribution in [0.25, 0.3) is 17.1 Å². The Morgan fingerprint density at radius 3 is 2.48 bits per heavy atom. The number of pyridine rings is 2. The largest absolute Gasteiger partial charge is 0.481 e. The minimum Gasteiger partial charge on any atom is -0.481 e. The molecule has 1 fully saturated rings. The molecule has 3 aromatic rings. The fraction of sp³-hybridized carbons (Fsp3) is 0.333. The summed E-state index contributed by atoms with van der Waals surface area (Å²) in [5, 5.41) is 4.53. The number of nitrogens with zero attached hydrogens (tertiary/aromatic N) is 5. The van der Waals surface area contributed by atoms with Crippen LogP contribution in [-0.2, 0) is 9.84 Å². The van der Waals surface area contributed by atoms with Crippen molar-refractivity contribution in [3.8, 4) is 23.0 Å². The molecule has 0 aliphatic carbocycles. The number of sulfone groups is 1. The van der Waals surface area contributed by atoms with Crippen LogP contribution >= 0.6 is 0 Å². The molecule has 0 aromatic carbocycles. The van der Waals surface area contributed by atoms with Gasteiger partial charge in [-0.15, -0.1) is 0 Å². The molecule has 31 heavy (non-hydrogen) atoms. The number of hydrogen-bond donors (Lipinski definition) is 0. The van der Waals surface area contributed by atoms with Crippen LogP contribution in [-0.4, -0.2) is 65.4 Å². The SMILES string of the molecule is COc1ccc(-n2nc(C(=O)N3CCCCC3)cc2-c2cc(S(C)(=O)=O)ccn2)cn1. The van der Waals surface area contributed by atoms with E-state index in [2.05, 4.69) is 15.1 Å². The molecule has 0 spiro atoms. The molecule has 0 atom stereocenters. The molecule has 10 heteroatoms. The van der Waals surface area contributed by atoms with Crippen molar-refractivity contribution in [3.63, 3.8) is 0 Å². The molecule has 0 radical (unpaired) electrons. The lowest BCUT2D eigenvalue weighted by Crippen LogP contribution is -2.35. The molecule has 1 aliphatic heterocycles. The molecule has 4 rings (SSSR count). The summed E-state index contributed by atoms with van der Waals surface area (Å²) in [4.78, 5) is 23.5. The number of carbonyl (C=O) groups excluding carboxylic acids is 1.